The van der Waals surface area contributed by atoms with Gasteiger partial charge in [0, 0.05) is 24.1 Å². The third kappa shape index (κ3) is 6.17. The summed E-state index contributed by atoms with van der Waals surface area (Å²) in [5, 5.41) is 6.32. The first-order valence-electron chi connectivity index (χ1n) is 6.00. The molecule has 5 heteroatoms. The zero-order valence-corrected chi connectivity index (χ0v) is 12.2. The third-order valence-electron chi connectivity index (χ3n) is 2.31. The molecule has 0 spiro atoms. The van der Waals surface area contributed by atoms with Gasteiger partial charge in [-0.15, -0.1) is 0 Å². The molecule has 0 aromatic heterocycles. The van der Waals surface area contributed by atoms with Crippen LogP contribution in [-0.2, 0) is 4.74 Å². The van der Waals surface area contributed by atoms with Crippen LogP contribution in [0.3, 0.4) is 0 Å². The molecule has 0 radical (unpaired) electrons. The molecular formula is C12H24N2O2S. The summed E-state index contributed by atoms with van der Waals surface area (Å²) >= 11 is 1.94. The van der Waals surface area contributed by atoms with Crippen molar-refractivity contribution in [1.82, 2.24) is 10.6 Å². The summed E-state index contributed by atoms with van der Waals surface area (Å²) in [6.45, 7) is 10.3. The molecule has 1 aliphatic heterocycles. The maximum atomic E-state index is 11.6. The summed E-state index contributed by atoms with van der Waals surface area (Å²) in [5.74, 6) is 2.34. The Bertz CT molecular complexity index is 270. The Hall–Kier alpha value is -0.420. The lowest BCUT2D eigenvalue weighted by Gasteiger charge is -2.33. The monoisotopic (exact) mass is 260 g/mol. The van der Waals surface area contributed by atoms with Crippen molar-refractivity contribution >= 4 is 17.9 Å². The van der Waals surface area contributed by atoms with Crippen LogP contribution in [0.25, 0.3) is 0 Å². The molecule has 1 fully saturated rings. The number of hydrogen-bond donors (Lipinski definition) is 2. The summed E-state index contributed by atoms with van der Waals surface area (Å²) in [7, 11) is 0. The number of rotatable bonds is 4. The summed E-state index contributed by atoms with van der Waals surface area (Å²) in [5.41, 5.74) is -0.735. The van der Waals surface area contributed by atoms with Crippen LogP contribution in [0.2, 0.25) is 0 Å². The Balaban J connectivity index is 2.28. The fourth-order valence-corrected chi connectivity index (χ4v) is 2.08. The first-order chi connectivity index (χ1) is 7.68. The topological polar surface area (TPSA) is 50.4 Å². The van der Waals surface area contributed by atoms with Gasteiger partial charge in [-0.1, -0.05) is 0 Å². The predicted molar refractivity (Wildman–Crippen MR) is 72.6 cm³/mol. The fourth-order valence-electron chi connectivity index (χ4n) is 1.38. The van der Waals surface area contributed by atoms with Crippen molar-refractivity contribution < 1.29 is 9.53 Å². The fraction of sp³-hybridized carbons (Fsp3) is 0.917. The van der Waals surface area contributed by atoms with Crippen molar-refractivity contribution in [3.8, 4) is 0 Å². The average molecular weight is 260 g/mol. The molecule has 0 aromatic rings. The molecular weight excluding hydrogens is 236 g/mol. The molecule has 0 aliphatic carbocycles. The van der Waals surface area contributed by atoms with Crippen molar-refractivity contribution in [3.63, 3.8) is 0 Å². The summed E-state index contributed by atoms with van der Waals surface area (Å²) in [6, 6.07) is 0.597. The Kier molecular flexibility index (Phi) is 4.72. The van der Waals surface area contributed by atoms with Crippen LogP contribution in [0, 0.1) is 0 Å². The van der Waals surface area contributed by atoms with Crippen LogP contribution >= 0.6 is 11.8 Å². The highest BCUT2D eigenvalue weighted by molar-refractivity contribution is 8.00. The summed E-state index contributed by atoms with van der Waals surface area (Å²) in [4.78, 5) is 11.6. The van der Waals surface area contributed by atoms with Gasteiger partial charge >= 0.3 is 6.09 Å². The molecule has 0 unspecified atom stereocenters. The molecule has 0 aromatic carbocycles. The average Bonchev–Trinajstić information content (AvgIpc) is 1.94. The van der Waals surface area contributed by atoms with Crippen molar-refractivity contribution in [3.05, 3.63) is 0 Å². The van der Waals surface area contributed by atoms with E-state index < -0.39 is 5.60 Å². The van der Waals surface area contributed by atoms with Crippen molar-refractivity contribution in [2.45, 2.75) is 51.8 Å². The maximum absolute atomic E-state index is 11.6. The molecule has 1 aliphatic rings. The zero-order valence-electron chi connectivity index (χ0n) is 11.4. The molecule has 1 rings (SSSR count). The number of nitrogens with one attached hydrogen (secondary N) is 2. The molecule has 1 heterocycles. The highest BCUT2D eigenvalue weighted by Gasteiger charge is 2.26. The van der Waals surface area contributed by atoms with E-state index in [9.17, 15) is 4.79 Å². The van der Waals surface area contributed by atoms with Crippen LogP contribution < -0.4 is 10.6 Å². The van der Waals surface area contributed by atoms with E-state index in [-0.39, 0.29) is 11.6 Å². The minimum atomic E-state index is -0.446. The van der Waals surface area contributed by atoms with Crippen LogP contribution in [0.15, 0.2) is 0 Å². The van der Waals surface area contributed by atoms with Crippen LogP contribution in [-0.4, -0.2) is 41.3 Å². The number of amides is 1. The number of hydrogen-bond acceptors (Lipinski definition) is 4. The Morgan fingerprint density at radius 1 is 1.29 bits per heavy atom. The second kappa shape index (κ2) is 5.48. The summed E-state index contributed by atoms with van der Waals surface area (Å²) in [6.07, 6.45) is -0.354. The predicted octanol–water partition coefficient (Wildman–Crippen LogP) is 1.99. The van der Waals surface area contributed by atoms with E-state index in [2.05, 4.69) is 10.6 Å². The van der Waals surface area contributed by atoms with Crippen molar-refractivity contribution in [1.29, 1.82) is 0 Å². The Morgan fingerprint density at radius 2 is 1.88 bits per heavy atom. The van der Waals surface area contributed by atoms with Crippen molar-refractivity contribution in [2.24, 2.45) is 0 Å². The minimum absolute atomic E-state index is 0.289. The van der Waals surface area contributed by atoms with E-state index in [1.807, 2.05) is 46.4 Å². The molecule has 2 N–H and O–H groups in total. The SMILES string of the molecule is CC(C)(CNC1CSC1)NC(=O)OC(C)(C)C. The lowest BCUT2D eigenvalue weighted by Crippen LogP contribution is -2.55. The van der Waals surface area contributed by atoms with Crippen LogP contribution in [0.4, 0.5) is 4.79 Å². The largest absolute Gasteiger partial charge is 0.444 e. The van der Waals surface area contributed by atoms with Gasteiger partial charge in [0.2, 0.25) is 0 Å². The molecule has 4 nitrogen and oxygen atoms in total. The maximum Gasteiger partial charge on any atom is 0.408 e. The van der Waals surface area contributed by atoms with E-state index in [0.717, 1.165) is 6.54 Å². The standard InChI is InChI=1S/C12H24N2O2S/c1-11(2,3)16-10(15)14-12(4,5)8-13-9-6-17-7-9/h9,13H,6-8H2,1-5H3,(H,14,15). The van der Waals surface area contributed by atoms with E-state index in [1.165, 1.54) is 11.5 Å². The van der Waals surface area contributed by atoms with Gasteiger partial charge in [-0.25, -0.2) is 4.79 Å². The normalized spacial score (nSPS) is 17.5. The van der Waals surface area contributed by atoms with E-state index >= 15 is 0 Å². The van der Waals surface area contributed by atoms with E-state index in [0.29, 0.717) is 6.04 Å². The van der Waals surface area contributed by atoms with E-state index in [4.69, 9.17) is 4.74 Å². The first kappa shape index (κ1) is 14.6. The highest BCUT2D eigenvalue weighted by atomic mass is 32.2. The van der Waals surface area contributed by atoms with Gasteiger partial charge in [-0.05, 0) is 34.6 Å². The third-order valence-corrected chi connectivity index (χ3v) is 3.59. The van der Waals surface area contributed by atoms with Gasteiger partial charge in [-0.2, -0.15) is 11.8 Å². The molecule has 0 bridgehead atoms. The number of thioether (sulfide) groups is 1. The Morgan fingerprint density at radius 3 is 2.29 bits per heavy atom. The molecule has 100 valence electrons. The number of alkyl carbamates (subject to hydrolysis) is 1. The van der Waals surface area contributed by atoms with Gasteiger partial charge in [-0.3, -0.25) is 0 Å². The molecule has 0 saturated carbocycles. The smallest absolute Gasteiger partial charge is 0.408 e. The van der Waals surface area contributed by atoms with Crippen LogP contribution in [0.1, 0.15) is 34.6 Å². The minimum Gasteiger partial charge on any atom is -0.444 e. The van der Waals surface area contributed by atoms with Gasteiger partial charge in [0.25, 0.3) is 0 Å². The highest BCUT2D eigenvalue weighted by Crippen LogP contribution is 2.17. The van der Waals surface area contributed by atoms with Crippen molar-refractivity contribution in [2.75, 3.05) is 18.1 Å². The number of carbonyl (C=O) groups is 1. The second-order valence-corrected chi connectivity index (χ2v) is 7.20. The second-order valence-electron chi connectivity index (χ2n) is 6.13. The number of carbonyl (C=O) groups excluding carboxylic acids is 1. The van der Waals surface area contributed by atoms with Crippen LogP contribution in [0.5, 0.6) is 0 Å². The van der Waals surface area contributed by atoms with Gasteiger partial charge < -0.3 is 15.4 Å². The van der Waals surface area contributed by atoms with Gasteiger partial charge in [0.1, 0.15) is 5.60 Å². The first-order valence-corrected chi connectivity index (χ1v) is 7.16. The molecule has 1 saturated heterocycles. The molecule has 0 atom stereocenters. The lowest BCUT2D eigenvalue weighted by molar-refractivity contribution is 0.0471. The Labute approximate surface area is 108 Å². The van der Waals surface area contributed by atoms with Gasteiger partial charge in [0.05, 0.1) is 5.54 Å². The quantitative estimate of drug-likeness (QED) is 0.811. The number of ether oxygens (including phenoxy) is 1. The zero-order chi connectivity index (χ0) is 13.1. The molecule has 1 amide bonds. The molecule has 17 heavy (non-hydrogen) atoms. The lowest BCUT2D eigenvalue weighted by atomic mass is 10.1. The summed E-state index contributed by atoms with van der Waals surface area (Å²) < 4.78 is 5.24. The van der Waals surface area contributed by atoms with Gasteiger partial charge in [0.15, 0.2) is 0 Å². The van der Waals surface area contributed by atoms with E-state index in [1.54, 1.807) is 0 Å².